The number of rotatable bonds is 6. The van der Waals surface area contributed by atoms with Gasteiger partial charge in [-0.15, -0.1) is 0 Å². The number of nitrogens with one attached hydrogen (secondary N) is 1. The van der Waals surface area contributed by atoms with Crippen LogP contribution in [0.2, 0.25) is 0 Å². The molecule has 120 valence electrons. The van der Waals surface area contributed by atoms with E-state index in [1.165, 1.54) is 0 Å². The lowest BCUT2D eigenvalue weighted by molar-refractivity contribution is -0.141. The number of thiophene rings is 1. The average molecular weight is 321 g/mol. The molecule has 0 bridgehead atoms. The number of anilines is 1. The molecule has 6 heteroatoms. The zero-order chi connectivity index (χ0) is 16.4. The van der Waals surface area contributed by atoms with Gasteiger partial charge in [0.15, 0.2) is 0 Å². The van der Waals surface area contributed by atoms with Crippen LogP contribution in [-0.4, -0.2) is 26.4 Å². The highest BCUT2D eigenvalue weighted by molar-refractivity contribution is 7.07. The maximum Gasteiger partial charge on any atom is 0.329 e. The van der Waals surface area contributed by atoms with Gasteiger partial charge in [0.05, 0.1) is 0 Å². The molecule has 0 saturated carbocycles. The first kappa shape index (κ1) is 16.5. The van der Waals surface area contributed by atoms with Gasteiger partial charge in [-0.25, -0.2) is 4.79 Å². The fourth-order valence-electron chi connectivity index (χ4n) is 2.26. The number of carboxylic acid groups (broad SMARTS) is 1. The number of hydrogen-bond acceptors (Lipinski definition) is 4. The molecule has 2 rings (SSSR count). The Morgan fingerprint density at radius 1 is 1.36 bits per heavy atom. The molecule has 0 fully saturated rings. The summed E-state index contributed by atoms with van der Waals surface area (Å²) in [5.74, 6) is -0.298. The third-order valence-corrected chi connectivity index (χ3v) is 4.02. The Bertz CT molecular complexity index is 628. The predicted octanol–water partition coefficient (Wildman–Crippen LogP) is 3.49. The summed E-state index contributed by atoms with van der Waals surface area (Å²) in [5.41, 5.74) is 0.0504. The molecule has 2 aromatic rings. The maximum atomic E-state index is 11.7. The monoisotopic (exact) mass is 321 g/mol. The number of carboxylic acids is 1. The summed E-state index contributed by atoms with van der Waals surface area (Å²) < 4.78 is 1.84. The van der Waals surface area contributed by atoms with E-state index in [0.717, 1.165) is 12.1 Å². The summed E-state index contributed by atoms with van der Waals surface area (Å²) >= 11 is 1.57. The first-order chi connectivity index (χ1) is 10.2. The Hall–Kier alpha value is -1.82. The van der Waals surface area contributed by atoms with Gasteiger partial charge in [0.2, 0.25) is 0 Å². The van der Waals surface area contributed by atoms with Crippen molar-refractivity contribution in [1.82, 2.24) is 9.78 Å². The molecule has 2 N–H and O–H groups in total. The van der Waals surface area contributed by atoms with E-state index in [0.29, 0.717) is 12.2 Å². The van der Waals surface area contributed by atoms with Gasteiger partial charge in [-0.05, 0) is 34.7 Å². The second-order valence-corrected chi connectivity index (χ2v) is 7.81. The zero-order valence-electron chi connectivity index (χ0n) is 13.5. The smallest absolute Gasteiger partial charge is 0.329 e. The van der Waals surface area contributed by atoms with E-state index in [2.05, 4.69) is 31.2 Å². The summed E-state index contributed by atoms with van der Waals surface area (Å²) in [7, 11) is 0. The van der Waals surface area contributed by atoms with Crippen molar-refractivity contribution in [1.29, 1.82) is 0 Å². The summed E-state index contributed by atoms with van der Waals surface area (Å²) in [6, 6.07) is 3.77. The third-order valence-electron chi connectivity index (χ3n) is 3.29. The van der Waals surface area contributed by atoms with Gasteiger partial charge < -0.3 is 10.4 Å². The lowest BCUT2D eigenvalue weighted by Gasteiger charge is -2.26. The second kappa shape index (κ2) is 6.12. The lowest BCUT2D eigenvalue weighted by Crippen LogP contribution is -2.45. The molecular weight excluding hydrogens is 298 g/mol. The van der Waals surface area contributed by atoms with Crippen LogP contribution < -0.4 is 5.32 Å². The SMILES string of the molecule is CC(C)(C)Cn1ccc(NC(C)(Cc2ccsc2)C(=O)O)n1. The Kier molecular flexibility index (Phi) is 4.60. The van der Waals surface area contributed by atoms with Crippen molar-refractivity contribution < 1.29 is 9.90 Å². The van der Waals surface area contributed by atoms with Crippen molar-refractivity contribution in [3.8, 4) is 0 Å². The minimum absolute atomic E-state index is 0.121. The molecule has 0 amide bonds. The van der Waals surface area contributed by atoms with Gasteiger partial charge in [0.1, 0.15) is 11.4 Å². The molecule has 5 nitrogen and oxygen atoms in total. The lowest BCUT2D eigenvalue weighted by atomic mass is 9.94. The van der Waals surface area contributed by atoms with Crippen LogP contribution in [-0.2, 0) is 17.8 Å². The number of aliphatic carboxylic acids is 1. The fraction of sp³-hybridized carbons (Fsp3) is 0.500. The third kappa shape index (κ3) is 4.34. The van der Waals surface area contributed by atoms with Crippen molar-refractivity contribution in [3.63, 3.8) is 0 Å². The first-order valence-corrected chi connectivity index (χ1v) is 8.18. The van der Waals surface area contributed by atoms with E-state index in [9.17, 15) is 9.90 Å². The quantitative estimate of drug-likeness (QED) is 0.854. The zero-order valence-corrected chi connectivity index (χ0v) is 14.3. The Morgan fingerprint density at radius 3 is 2.64 bits per heavy atom. The minimum atomic E-state index is -1.08. The normalized spacial score (nSPS) is 14.5. The molecule has 0 saturated heterocycles. The van der Waals surface area contributed by atoms with E-state index in [1.807, 2.05) is 33.8 Å². The second-order valence-electron chi connectivity index (χ2n) is 7.03. The van der Waals surface area contributed by atoms with Crippen LogP contribution in [0.15, 0.2) is 29.1 Å². The standard InChI is InChI=1S/C16H23N3O2S/c1-15(2,3)11-19-7-5-13(18-19)17-16(4,14(20)21)9-12-6-8-22-10-12/h5-8,10H,9,11H2,1-4H3,(H,17,18)(H,20,21). The molecule has 22 heavy (non-hydrogen) atoms. The van der Waals surface area contributed by atoms with E-state index < -0.39 is 11.5 Å². The van der Waals surface area contributed by atoms with Gasteiger partial charge >= 0.3 is 5.97 Å². The molecular formula is C16H23N3O2S. The van der Waals surface area contributed by atoms with Gasteiger partial charge in [-0.2, -0.15) is 16.4 Å². The van der Waals surface area contributed by atoms with Crippen LogP contribution in [0.1, 0.15) is 33.3 Å². The number of aromatic nitrogens is 2. The summed E-state index contributed by atoms with van der Waals surface area (Å²) in [6.07, 6.45) is 2.29. The van der Waals surface area contributed by atoms with Gasteiger partial charge in [0.25, 0.3) is 0 Å². The average Bonchev–Trinajstić information content (AvgIpc) is 2.99. The van der Waals surface area contributed by atoms with Crippen LogP contribution >= 0.6 is 11.3 Å². The maximum absolute atomic E-state index is 11.7. The van der Waals surface area contributed by atoms with Gasteiger partial charge in [-0.3, -0.25) is 4.68 Å². The highest BCUT2D eigenvalue weighted by atomic mass is 32.1. The van der Waals surface area contributed by atoms with Crippen molar-refractivity contribution in [2.75, 3.05) is 5.32 Å². The van der Waals surface area contributed by atoms with Crippen molar-refractivity contribution in [2.24, 2.45) is 5.41 Å². The predicted molar refractivity (Wildman–Crippen MR) is 89.4 cm³/mol. The van der Waals surface area contributed by atoms with Gasteiger partial charge in [0, 0.05) is 25.2 Å². The van der Waals surface area contributed by atoms with Crippen LogP contribution in [0.4, 0.5) is 5.82 Å². The number of carbonyl (C=O) groups is 1. The Morgan fingerprint density at radius 2 is 2.09 bits per heavy atom. The Labute approximate surface area is 135 Å². The highest BCUT2D eigenvalue weighted by Gasteiger charge is 2.34. The van der Waals surface area contributed by atoms with Crippen LogP contribution in [0.25, 0.3) is 0 Å². The molecule has 0 spiro atoms. The summed E-state index contributed by atoms with van der Waals surface area (Å²) in [6.45, 7) is 8.89. The summed E-state index contributed by atoms with van der Waals surface area (Å²) in [4.78, 5) is 11.7. The van der Waals surface area contributed by atoms with E-state index in [-0.39, 0.29) is 5.41 Å². The van der Waals surface area contributed by atoms with Crippen LogP contribution in [0.3, 0.4) is 0 Å². The van der Waals surface area contributed by atoms with E-state index >= 15 is 0 Å². The Balaban J connectivity index is 2.13. The van der Waals surface area contributed by atoms with Crippen LogP contribution in [0.5, 0.6) is 0 Å². The van der Waals surface area contributed by atoms with E-state index in [1.54, 1.807) is 18.3 Å². The number of hydrogen-bond donors (Lipinski definition) is 2. The minimum Gasteiger partial charge on any atom is -0.480 e. The van der Waals surface area contributed by atoms with Crippen molar-refractivity contribution >= 4 is 23.1 Å². The largest absolute Gasteiger partial charge is 0.480 e. The molecule has 1 unspecified atom stereocenters. The topological polar surface area (TPSA) is 67.2 Å². The number of nitrogens with zero attached hydrogens (tertiary/aromatic N) is 2. The van der Waals surface area contributed by atoms with Crippen molar-refractivity contribution in [3.05, 3.63) is 34.7 Å². The molecule has 0 radical (unpaired) electrons. The molecule has 0 aliphatic heterocycles. The molecule has 1 atom stereocenters. The van der Waals surface area contributed by atoms with Crippen LogP contribution in [0, 0.1) is 5.41 Å². The van der Waals surface area contributed by atoms with Crippen molar-refractivity contribution in [2.45, 2.75) is 46.2 Å². The van der Waals surface area contributed by atoms with Gasteiger partial charge in [-0.1, -0.05) is 20.8 Å². The molecule has 0 aliphatic rings. The molecule has 2 aromatic heterocycles. The molecule has 0 aromatic carbocycles. The molecule has 2 heterocycles. The summed E-state index contributed by atoms with van der Waals surface area (Å²) in [5, 5.41) is 21.0. The first-order valence-electron chi connectivity index (χ1n) is 7.24. The fourth-order valence-corrected chi connectivity index (χ4v) is 2.93. The highest BCUT2D eigenvalue weighted by Crippen LogP contribution is 2.22. The van der Waals surface area contributed by atoms with E-state index in [4.69, 9.17) is 0 Å². The molecule has 0 aliphatic carbocycles.